The van der Waals surface area contributed by atoms with E-state index in [0.29, 0.717) is 5.92 Å². The number of nitriles is 1. The first-order valence-corrected chi connectivity index (χ1v) is 7.47. The second-order valence-corrected chi connectivity index (χ2v) is 5.58. The van der Waals surface area contributed by atoms with Crippen LogP contribution in [0.15, 0.2) is 18.6 Å². The highest BCUT2D eigenvalue weighted by Crippen LogP contribution is 2.25. The van der Waals surface area contributed by atoms with Gasteiger partial charge in [-0.1, -0.05) is 0 Å². The third-order valence-electron chi connectivity index (χ3n) is 4.14. The van der Waals surface area contributed by atoms with Crippen LogP contribution in [0.2, 0.25) is 0 Å². The van der Waals surface area contributed by atoms with E-state index >= 15 is 0 Å². The van der Waals surface area contributed by atoms with Crippen LogP contribution >= 0.6 is 0 Å². The van der Waals surface area contributed by atoms with Gasteiger partial charge in [-0.3, -0.25) is 10.00 Å². The summed E-state index contributed by atoms with van der Waals surface area (Å²) in [7, 11) is 0. The number of likely N-dealkylation sites (tertiary alicyclic amines) is 1. The van der Waals surface area contributed by atoms with Crippen LogP contribution < -0.4 is 0 Å². The molecule has 1 saturated heterocycles. The molecule has 2 aromatic heterocycles. The Hall–Kier alpha value is -2.13. The normalized spacial score (nSPS) is 19.5. The van der Waals surface area contributed by atoms with E-state index in [-0.39, 0.29) is 0 Å². The number of aromatic amines is 1. The molecule has 1 aliphatic rings. The molecule has 1 atom stereocenters. The van der Waals surface area contributed by atoms with Crippen LogP contribution in [-0.2, 0) is 13.1 Å². The minimum Gasteiger partial charge on any atom is -0.339 e. The number of H-pyrrole nitrogens is 1. The molecule has 1 aliphatic heterocycles. The molecule has 0 bridgehead atoms. The fraction of sp³-hybridized carbons (Fsp3) is 0.533. The van der Waals surface area contributed by atoms with Crippen LogP contribution in [-0.4, -0.2) is 37.7 Å². The van der Waals surface area contributed by atoms with Crippen molar-refractivity contribution in [2.75, 3.05) is 13.1 Å². The Morgan fingerprint density at radius 3 is 3.10 bits per heavy atom. The molecule has 1 unspecified atom stereocenters. The van der Waals surface area contributed by atoms with Crippen molar-refractivity contribution in [2.45, 2.75) is 38.8 Å². The van der Waals surface area contributed by atoms with Gasteiger partial charge in [0, 0.05) is 31.7 Å². The highest BCUT2D eigenvalue weighted by molar-refractivity contribution is 5.28. The van der Waals surface area contributed by atoms with Gasteiger partial charge in [0.25, 0.3) is 0 Å². The van der Waals surface area contributed by atoms with Crippen LogP contribution in [0.25, 0.3) is 0 Å². The lowest BCUT2D eigenvalue weighted by Crippen LogP contribution is -2.34. The first kappa shape index (κ1) is 13.8. The van der Waals surface area contributed by atoms with Gasteiger partial charge in [0.1, 0.15) is 23.9 Å². The maximum Gasteiger partial charge on any atom is 0.137 e. The predicted octanol–water partition coefficient (Wildman–Crippen LogP) is 1.88. The lowest BCUT2D eigenvalue weighted by molar-refractivity contribution is 0.196. The number of nitrogens with one attached hydrogen (secondary N) is 1. The molecule has 6 nitrogen and oxygen atoms in total. The van der Waals surface area contributed by atoms with Crippen molar-refractivity contribution in [1.82, 2.24) is 24.6 Å². The standard InChI is InChI=1S/C15H20N6/c1-2-21-9-12(6-14(21)7-16)8-20-5-3-4-13(10-20)15-17-11-18-19-15/h6,9,11,13H,2-5,8,10H2,1H3,(H,17,18,19). The van der Waals surface area contributed by atoms with Crippen LogP contribution in [0.5, 0.6) is 0 Å². The van der Waals surface area contributed by atoms with Gasteiger partial charge in [0.15, 0.2) is 0 Å². The number of piperidine rings is 1. The van der Waals surface area contributed by atoms with Crippen molar-refractivity contribution >= 4 is 0 Å². The van der Waals surface area contributed by atoms with Gasteiger partial charge in [0.2, 0.25) is 0 Å². The number of aromatic nitrogens is 4. The minimum absolute atomic E-state index is 0.435. The average molecular weight is 284 g/mol. The largest absolute Gasteiger partial charge is 0.339 e. The van der Waals surface area contributed by atoms with Crippen molar-refractivity contribution in [2.24, 2.45) is 0 Å². The zero-order chi connectivity index (χ0) is 14.7. The molecule has 1 N–H and O–H groups in total. The summed E-state index contributed by atoms with van der Waals surface area (Å²) in [6, 6.07) is 4.26. The summed E-state index contributed by atoms with van der Waals surface area (Å²) in [6.07, 6.45) is 6.00. The van der Waals surface area contributed by atoms with Gasteiger partial charge < -0.3 is 4.57 Å². The number of nitrogens with zero attached hydrogens (tertiary/aromatic N) is 5. The number of hydrogen-bond donors (Lipinski definition) is 1. The molecular weight excluding hydrogens is 264 g/mol. The molecule has 0 spiro atoms. The summed E-state index contributed by atoms with van der Waals surface area (Å²) in [5.41, 5.74) is 1.96. The molecule has 0 saturated carbocycles. The average Bonchev–Trinajstić information content (AvgIpc) is 3.16. The quantitative estimate of drug-likeness (QED) is 0.930. The van der Waals surface area contributed by atoms with E-state index in [1.165, 1.54) is 12.0 Å². The number of rotatable bonds is 4. The lowest BCUT2D eigenvalue weighted by Gasteiger charge is -2.31. The Kier molecular flexibility index (Phi) is 4.02. The summed E-state index contributed by atoms with van der Waals surface area (Å²) < 4.78 is 2.01. The molecule has 21 heavy (non-hydrogen) atoms. The summed E-state index contributed by atoms with van der Waals surface area (Å²) in [5.74, 6) is 1.42. The lowest BCUT2D eigenvalue weighted by atomic mass is 9.97. The van der Waals surface area contributed by atoms with E-state index in [9.17, 15) is 0 Å². The Morgan fingerprint density at radius 1 is 1.52 bits per heavy atom. The third-order valence-corrected chi connectivity index (χ3v) is 4.14. The second-order valence-electron chi connectivity index (χ2n) is 5.58. The van der Waals surface area contributed by atoms with Crippen molar-refractivity contribution in [1.29, 1.82) is 5.26 Å². The molecule has 3 rings (SSSR count). The van der Waals surface area contributed by atoms with E-state index < -0.39 is 0 Å². The topological polar surface area (TPSA) is 73.5 Å². The molecular formula is C15H20N6. The zero-order valence-corrected chi connectivity index (χ0v) is 12.3. The van der Waals surface area contributed by atoms with Gasteiger partial charge in [-0.15, -0.1) is 0 Å². The Morgan fingerprint density at radius 2 is 2.43 bits per heavy atom. The Labute approximate surface area is 124 Å². The van der Waals surface area contributed by atoms with Crippen LogP contribution in [0.4, 0.5) is 0 Å². The third kappa shape index (κ3) is 2.98. The first-order valence-electron chi connectivity index (χ1n) is 7.47. The maximum atomic E-state index is 9.13. The number of hydrogen-bond acceptors (Lipinski definition) is 4. The number of aryl methyl sites for hydroxylation is 1. The molecule has 0 amide bonds. The fourth-order valence-corrected chi connectivity index (χ4v) is 3.10. The van der Waals surface area contributed by atoms with Gasteiger partial charge in [-0.25, -0.2) is 4.98 Å². The van der Waals surface area contributed by atoms with E-state index in [4.69, 9.17) is 5.26 Å². The summed E-state index contributed by atoms with van der Waals surface area (Å²) in [6.45, 7) is 5.89. The molecule has 6 heteroatoms. The smallest absolute Gasteiger partial charge is 0.137 e. The molecule has 2 aromatic rings. The van der Waals surface area contributed by atoms with Crippen LogP contribution in [0.1, 0.15) is 42.8 Å². The highest BCUT2D eigenvalue weighted by Gasteiger charge is 2.23. The maximum absolute atomic E-state index is 9.13. The molecule has 0 aromatic carbocycles. The Balaban J connectivity index is 1.67. The van der Waals surface area contributed by atoms with Crippen molar-refractivity contribution in [3.63, 3.8) is 0 Å². The van der Waals surface area contributed by atoms with Crippen molar-refractivity contribution in [3.8, 4) is 6.07 Å². The second kappa shape index (κ2) is 6.10. The molecule has 0 aliphatic carbocycles. The van der Waals surface area contributed by atoms with E-state index in [1.807, 2.05) is 10.6 Å². The minimum atomic E-state index is 0.435. The molecule has 110 valence electrons. The summed E-state index contributed by atoms with van der Waals surface area (Å²) in [5, 5.41) is 16.1. The molecule has 3 heterocycles. The fourth-order valence-electron chi connectivity index (χ4n) is 3.10. The van der Waals surface area contributed by atoms with Crippen molar-refractivity contribution < 1.29 is 0 Å². The zero-order valence-electron chi connectivity index (χ0n) is 12.3. The van der Waals surface area contributed by atoms with Gasteiger partial charge in [-0.05, 0) is 37.9 Å². The summed E-state index contributed by atoms with van der Waals surface area (Å²) >= 11 is 0. The molecule has 1 fully saturated rings. The van der Waals surface area contributed by atoms with Crippen molar-refractivity contribution in [3.05, 3.63) is 35.7 Å². The van der Waals surface area contributed by atoms with Gasteiger partial charge in [0.05, 0.1) is 0 Å². The van der Waals surface area contributed by atoms with Crippen LogP contribution in [0.3, 0.4) is 0 Å². The van der Waals surface area contributed by atoms with E-state index in [0.717, 1.165) is 44.1 Å². The predicted molar refractivity (Wildman–Crippen MR) is 78.5 cm³/mol. The van der Waals surface area contributed by atoms with Gasteiger partial charge >= 0.3 is 0 Å². The van der Waals surface area contributed by atoms with Crippen LogP contribution in [0, 0.1) is 11.3 Å². The monoisotopic (exact) mass is 284 g/mol. The SMILES string of the molecule is CCn1cc(CN2CCCC(c3ncn[nH]3)C2)cc1C#N. The van der Waals surface area contributed by atoms with E-state index in [2.05, 4.69) is 39.3 Å². The summed E-state index contributed by atoms with van der Waals surface area (Å²) in [4.78, 5) is 6.72. The van der Waals surface area contributed by atoms with Gasteiger partial charge in [-0.2, -0.15) is 10.4 Å². The molecule has 0 radical (unpaired) electrons. The first-order chi connectivity index (χ1) is 10.3. The Bertz CT molecular complexity index is 621. The highest BCUT2D eigenvalue weighted by atomic mass is 15.2. The van der Waals surface area contributed by atoms with E-state index in [1.54, 1.807) is 6.33 Å².